The molecule has 2 heteroatoms. The van der Waals surface area contributed by atoms with E-state index < -0.39 is 0 Å². The first-order valence-corrected chi connectivity index (χ1v) is 6.13. The molecule has 2 nitrogen and oxygen atoms in total. The second kappa shape index (κ2) is 3.95. The van der Waals surface area contributed by atoms with E-state index in [9.17, 15) is 0 Å². The Morgan fingerprint density at radius 3 is 3.12 bits per heavy atom. The number of aromatic amines is 1. The van der Waals surface area contributed by atoms with Gasteiger partial charge in [0.05, 0.1) is 0 Å². The number of fused-ring (bicyclic) bond motifs is 1. The lowest BCUT2D eigenvalue weighted by Gasteiger charge is -2.12. The standard InChI is InChI=1S/C14H18N2/c1-10-7-11-4-6-16-14(11)9-12(10)8-13-3-2-5-15-13/h4,6-7,9,13,15-16H,2-3,5,8H2,1H3. The van der Waals surface area contributed by atoms with Gasteiger partial charge < -0.3 is 10.3 Å². The molecule has 0 spiro atoms. The minimum Gasteiger partial charge on any atom is -0.361 e. The molecule has 2 N–H and O–H groups in total. The van der Waals surface area contributed by atoms with Gasteiger partial charge in [0.25, 0.3) is 0 Å². The van der Waals surface area contributed by atoms with Crippen LogP contribution < -0.4 is 5.32 Å². The topological polar surface area (TPSA) is 27.8 Å². The molecular weight excluding hydrogens is 196 g/mol. The monoisotopic (exact) mass is 214 g/mol. The number of hydrogen-bond acceptors (Lipinski definition) is 1. The molecule has 0 radical (unpaired) electrons. The second-order valence-electron chi connectivity index (χ2n) is 4.84. The van der Waals surface area contributed by atoms with Gasteiger partial charge in [0.15, 0.2) is 0 Å². The summed E-state index contributed by atoms with van der Waals surface area (Å²) in [4.78, 5) is 3.29. The van der Waals surface area contributed by atoms with Crippen LogP contribution in [0.15, 0.2) is 24.4 Å². The molecule has 1 saturated heterocycles. The average molecular weight is 214 g/mol. The highest BCUT2D eigenvalue weighted by atomic mass is 14.9. The van der Waals surface area contributed by atoms with E-state index in [2.05, 4.69) is 35.4 Å². The normalized spacial score (nSPS) is 20.7. The van der Waals surface area contributed by atoms with Gasteiger partial charge in [-0.3, -0.25) is 0 Å². The molecule has 1 aliphatic heterocycles. The molecule has 1 fully saturated rings. The molecule has 16 heavy (non-hydrogen) atoms. The maximum absolute atomic E-state index is 3.56. The lowest BCUT2D eigenvalue weighted by molar-refractivity contribution is 0.602. The van der Waals surface area contributed by atoms with Crippen LogP contribution in [0.4, 0.5) is 0 Å². The van der Waals surface area contributed by atoms with Crippen LogP contribution in [0.5, 0.6) is 0 Å². The van der Waals surface area contributed by atoms with Gasteiger partial charge in [0.2, 0.25) is 0 Å². The van der Waals surface area contributed by atoms with Crippen LogP contribution in [-0.4, -0.2) is 17.6 Å². The summed E-state index contributed by atoms with van der Waals surface area (Å²) in [5.74, 6) is 0. The van der Waals surface area contributed by atoms with Crippen LogP contribution >= 0.6 is 0 Å². The number of aryl methyl sites for hydroxylation is 1. The molecule has 0 saturated carbocycles. The SMILES string of the molecule is Cc1cc2cc[nH]c2cc1CC1CCCN1. The van der Waals surface area contributed by atoms with Crippen molar-refractivity contribution in [1.82, 2.24) is 10.3 Å². The fourth-order valence-electron chi connectivity index (χ4n) is 2.68. The molecule has 0 aliphatic carbocycles. The first kappa shape index (κ1) is 9.91. The van der Waals surface area contributed by atoms with Crippen molar-refractivity contribution < 1.29 is 0 Å². The van der Waals surface area contributed by atoms with Gasteiger partial charge in [-0.25, -0.2) is 0 Å². The van der Waals surface area contributed by atoms with E-state index in [0.717, 1.165) is 0 Å². The lowest BCUT2D eigenvalue weighted by Crippen LogP contribution is -2.23. The maximum Gasteiger partial charge on any atom is 0.0456 e. The van der Waals surface area contributed by atoms with Crippen LogP contribution in [0.3, 0.4) is 0 Å². The zero-order valence-corrected chi connectivity index (χ0v) is 9.72. The van der Waals surface area contributed by atoms with E-state index in [0.29, 0.717) is 6.04 Å². The van der Waals surface area contributed by atoms with Crippen LogP contribution in [-0.2, 0) is 6.42 Å². The Bertz CT molecular complexity index is 492. The summed E-state index contributed by atoms with van der Waals surface area (Å²) in [6.45, 7) is 3.41. The van der Waals surface area contributed by atoms with E-state index in [-0.39, 0.29) is 0 Å². The summed E-state index contributed by atoms with van der Waals surface area (Å²) >= 11 is 0. The average Bonchev–Trinajstić information content (AvgIpc) is 2.89. The van der Waals surface area contributed by atoms with Crippen molar-refractivity contribution in [3.63, 3.8) is 0 Å². The van der Waals surface area contributed by atoms with Crippen molar-refractivity contribution in [3.05, 3.63) is 35.5 Å². The molecular formula is C14H18N2. The van der Waals surface area contributed by atoms with E-state index >= 15 is 0 Å². The first-order valence-electron chi connectivity index (χ1n) is 6.13. The largest absolute Gasteiger partial charge is 0.361 e. The summed E-state index contributed by atoms with van der Waals surface area (Å²) in [5.41, 5.74) is 4.16. The third-order valence-electron chi connectivity index (χ3n) is 3.64. The summed E-state index contributed by atoms with van der Waals surface area (Å²) < 4.78 is 0. The van der Waals surface area contributed by atoms with Gasteiger partial charge in [-0.2, -0.15) is 0 Å². The summed E-state index contributed by atoms with van der Waals surface area (Å²) in [6.07, 6.45) is 5.83. The third-order valence-corrected chi connectivity index (χ3v) is 3.64. The fourth-order valence-corrected chi connectivity index (χ4v) is 2.68. The van der Waals surface area contributed by atoms with Crippen molar-refractivity contribution in [2.75, 3.05) is 6.54 Å². The highest BCUT2D eigenvalue weighted by molar-refractivity contribution is 5.81. The Morgan fingerprint density at radius 2 is 2.31 bits per heavy atom. The maximum atomic E-state index is 3.56. The van der Waals surface area contributed by atoms with Gasteiger partial charge in [-0.1, -0.05) is 0 Å². The van der Waals surface area contributed by atoms with E-state index in [1.807, 2.05) is 6.20 Å². The predicted octanol–water partition coefficient (Wildman–Crippen LogP) is 2.77. The minimum absolute atomic E-state index is 0.686. The van der Waals surface area contributed by atoms with Gasteiger partial charge in [-0.15, -0.1) is 0 Å². The number of benzene rings is 1. The second-order valence-corrected chi connectivity index (χ2v) is 4.84. The predicted molar refractivity (Wildman–Crippen MR) is 67.8 cm³/mol. The zero-order chi connectivity index (χ0) is 11.0. The molecule has 1 aromatic carbocycles. The summed E-state index contributed by atoms with van der Waals surface area (Å²) in [7, 11) is 0. The van der Waals surface area contributed by atoms with Crippen LogP contribution in [0.1, 0.15) is 24.0 Å². The molecule has 1 aliphatic rings. The molecule has 1 unspecified atom stereocenters. The number of H-pyrrole nitrogens is 1. The quantitative estimate of drug-likeness (QED) is 0.790. The minimum atomic E-state index is 0.686. The van der Waals surface area contributed by atoms with Crippen molar-refractivity contribution in [1.29, 1.82) is 0 Å². The van der Waals surface area contributed by atoms with E-state index in [1.54, 1.807) is 0 Å². The fraction of sp³-hybridized carbons (Fsp3) is 0.429. The van der Waals surface area contributed by atoms with Crippen LogP contribution in [0.25, 0.3) is 10.9 Å². The lowest BCUT2D eigenvalue weighted by atomic mass is 9.99. The molecule has 2 heterocycles. The van der Waals surface area contributed by atoms with Crippen molar-refractivity contribution in [2.24, 2.45) is 0 Å². The number of aromatic nitrogens is 1. The van der Waals surface area contributed by atoms with Gasteiger partial charge >= 0.3 is 0 Å². The molecule has 1 atom stereocenters. The highest BCUT2D eigenvalue weighted by Gasteiger charge is 2.15. The summed E-state index contributed by atoms with van der Waals surface area (Å²) in [5, 5.41) is 4.88. The summed E-state index contributed by atoms with van der Waals surface area (Å²) in [6, 6.07) is 7.42. The molecule has 0 bridgehead atoms. The van der Waals surface area contributed by atoms with Crippen molar-refractivity contribution >= 4 is 10.9 Å². The van der Waals surface area contributed by atoms with Gasteiger partial charge in [0, 0.05) is 17.8 Å². The highest BCUT2D eigenvalue weighted by Crippen LogP contribution is 2.21. The number of nitrogens with one attached hydrogen (secondary N) is 2. The Labute approximate surface area is 96.1 Å². The Hall–Kier alpha value is -1.28. The van der Waals surface area contributed by atoms with Gasteiger partial charge in [-0.05, 0) is 67.4 Å². The van der Waals surface area contributed by atoms with Crippen LogP contribution in [0.2, 0.25) is 0 Å². The molecule has 84 valence electrons. The molecule has 2 aromatic rings. The molecule has 3 rings (SSSR count). The van der Waals surface area contributed by atoms with Gasteiger partial charge in [0.1, 0.15) is 0 Å². The number of rotatable bonds is 2. The Morgan fingerprint density at radius 1 is 1.38 bits per heavy atom. The smallest absolute Gasteiger partial charge is 0.0456 e. The van der Waals surface area contributed by atoms with E-state index in [1.165, 1.54) is 47.8 Å². The van der Waals surface area contributed by atoms with Crippen LogP contribution in [0, 0.1) is 6.92 Å². The molecule has 0 amide bonds. The van der Waals surface area contributed by atoms with Crippen molar-refractivity contribution in [2.45, 2.75) is 32.2 Å². The zero-order valence-electron chi connectivity index (χ0n) is 9.72. The Balaban J connectivity index is 1.92. The number of hydrogen-bond donors (Lipinski definition) is 2. The Kier molecular flexibility index (Phi) is 2.44. The molecule has 1 aromatic heterocycles. The van der Waals surface area contributed by atoms with Crippen molar-refractivity contribution in [3.8, 4) is 0 Å². The van der Waals surface area contributed by atoms with E-state index in [4.69, 9.17) is 0 Å². The first-order chi connectivity index (χ1) is 7.83. The third kappa shape index (κ3) is 1.74.